The van der Waals surface area contributed by atoms with E-state index in [9.17, 15) is 0 Å². The number of nitrogens with two attached hydrogens (primary N) is 1. The van der Waals surface area contributed by atoms with Crippen LogP contribution in [-0.2, 0) is 7.05 Å². The zero-order valence-electron chi connectivity index (χ0n) is 13.2. The first-order chi connectivity index (χ1) is 10.7. The first kappa shape index (κ1) is 15.2. The van der Waals surface area contributed by atoms with Crippen molar-refractivity contribution in [2.75, 3.05) is 30.0 Å². The number of benzene rings is 1. The minimum Gasteiger partial charge on any atom is -0.399 e. The average molecular weight is 317 g/mol. The van der Waals surface area contributed by atoms with Crippen LogP contribution < -0.4 is 10.6 Å². The van der Waals surface area contributed by atoms with Crippen LogP contribution in [0.1, 0.15) is 25.7 Å². The van der Waals surface area contributed by atoms with Gasteiger partial charge < -0.3 is 15.2 Å². The standard InChI is InChI=1S/C16H23N5S/c1-20-15(18-19-16(20)22-2)13-8-7-12(17)11-14(13)21-9-5-3-4-6-10-21/h7-8,11H,3-6,9-10,17H2,1-2H3. The number of anilines is 2. The van der Waals surface area contributed by atoms with Crippen molar-refractivity contribution in [1.29, 1.82) is 0 Å². The van der Waals surface area contributed by atoms with Crippen molar-refractivity contribution in [2.45, 2.75) is 30.8 Å². The van der Waals surface area contributed by atoms with Gasteiger partial charge in [-0.25, -0.2) is 0 Å². The normalized spacial score (nSPS) is 15.8. The lowest BCUT2D eigenvalue weighted by Crippen LogP contribution is -2.24. The van der Waals surface area contributed by atoms with Crippen LogP contribution >= 0.6 is 11.8 Å². The van der Waals surface area contributed by atoms with Gasteiger partial charge in [-0.2, -0.15) is 0 Å². The van der Waals surface area contributed by atoms with E-state index in [1.165, 1.54) is 31.4 Å². The molecule has 1 aromatic carbocycles. The molecule has 0 saturated carbocycles. The van der Waals surface area contributed by atoms with Crippen molar-refractivity contribution in [3.05, 3.63) is 18.2 Å². The van der Waals surface area contributed by atoms with Gasteiger partial charge in [-0.15, -0.1) is 10.2 Å². The minimum atomic E-state index is 0.801. The number of nitrogens with zero attached hydrogens (tertiary/aromatic N) is 4. The van der Waals surface area contributed by atoms with Crippen molar-refractivity contribution in [1.82, 2.24) is 14.8 Å². The number of thioether (sulfide) groups is 1. The third kappa shape index (κ3) is 2.92. The smallest absolute Gasteiger partial charge is 0.190 e. The molecule has 1 aromatic heterocycles. The summed E-state index contributed by atoms with van der Waals surface area (Å²) in [5.41, 5.74) is 9.15. The van der Waals surface area contributed by atoms with Crippen molar-refractivity contribution >= 4 is 23.1 Å². The Hall–Kier alpha value is -1.69. The van der Waals surface area contributed by atoms with Crippen LogP contribution in [0.5, 0.6) is 0 Å². The molecule has 118 valence electrons. The van der Waals surface area contributed by atoms with E-state index in [1.54, 1.807) is 11.8 Å². The molecule has 2 heterocycles. The van der Waals surface area contributed by atoms with Crippen LogP contribution in [0, 0.1) is 0 Å². The van der Waals surface area contributed by atoms with Crippen molar-refractivity contribution in [2.24, 2.45) is 7.05 Å². The average Bonchev–Trinajstić information content (AvgIpc) is 2.74. The molecule has 1 saturated heterocycles. The van der Waals surface area contributed by atoms with Gasteiger partial charge in [0, 0.05) is 37.1 Å². The van der Waals surface area contributed by atoms with E-state index in [1.807, 2.05) is 19.4 Å². The van der Waals surface area contributed by atoms with Gasteiger partial charge in [0.1, 0.15) is 0 Å². The van der Waals surface area contributed by atoms with Crippen molar-refractivity contribution in [3.63, 3.8) is 0 Å². The SMILES string of the molecule is CSc1nnc(-c2ccc(N)cc2N2CCCCCC2)n1C. The number of nitrogen functional groups attached to an aromatic ring is 1. The highest BCUT2D eigenvalue weighted by molar-refractivity contribution is 7.98. The Morgan fingerprint density at radius 1 is 1.09 bits per heavy atom. The Kier molecular flexibility index (Phi) is 4.57. The predicted molar refractivity (Wildman–Crippen MR) is 93.3 cm³/mol. The molecule has 1 aliphatic rings. The first-order valence-corrected chi connectivity index (χ1v) is 9.01. The van der Waals surface area contributed by atoms with Crippen LogP contribution in [0.3, 0.4) is 0 Å². The summed E-state index contributed by atoms with van der Waals surface area (Å²) >= 11 is 1.61. The van der Waals surface area contributed by atoms with E-state index in [0.29, 0.717) is 0 Å². The van der Waals surface area contributed by atoms with E-state index in [4.69, 9.17) is 5.73 Å². The van der Waals surface area contributed by atoms with Crippen LogP contribution in [0.25, 0.3) is 11.4 Å². The summed E-state index contributed by atoms with van der Waals surface area (Å²) in [7, 11) is 2.02. The maximum absolute atomic E-state index is 6.05. The van der Waals surface area contributed by atoms with Gasteiger partial charge in [0.15, 0.2) is 11.0 Å². The second-order valence-corrected chi connectivity index (χ2v) is 6.52. The van der Waals surface area contributed by atoms with Gasteiger partial charge in [-0.05, 0) is 37.3 Å². The number of rotatable bonds is 3. The summed E-state index contributed by atoms with van der Waals surface area (Å²) in [5.74, 6) is 0.906. The maximum Gasteiger partial charge on any atom is 0.190 e. The summed E-state index contributed by atoms with van der Waals surface area (Å²) in [5, 5.41) is 9.58. The van der Waals surface area contributed by atoms with Gasteiger partial charge in [-0.3, -0.25) is 0 Å². The molecule has 1 aliphatic heterocycles. The van der Waals surface area contributed by atoms with Crippen molar-refractivity contribution in [3.8, 4) is 11.4 Å². The number of hydrogen-bond donors (Lipinski definition) is 1. The summed E-state index contributed by atoms with van der Waals surface area (Å²) in [6.45, 7) is 2.17. The van der Waals surface area contributed by atoms with Gasteiger partial charge in [0.05, 0.1) is 0 Å². The Morgan fingerprint density at radius 2 is 1.82 bits per heavy atom. The fourth-order valence-corrected chi connectivity index (χ4v) is 3.52. The highest BCUT2D eigenvalue weighted by Gasteiger charge is 2.19. The zero-order valence-corrected chi connectivity index (χ0v) is 14.1. The number of hydrogen-bond acceptors (Lipinski definition) is 5. The third-order valence-electron chi connectivity index (χ3n) is 4.23. The lowest BCUT2D eigenvalue weighted by molar-refractivity contribution is 0.726. The van der Waals surface area contributed by atoms with E-state index in [0.717, 1.165) is 35.3 Å². The molecule has 2 N–H and O–H groups in total. The number of aromatic nitrogens is 3. The fourth-order valence-electron chi connectivity index (χ4n) is 3.04. The second-order valence-electron chi connectivity index (χ2n) is 5.75. The largest absolute Gasteiger partial charge is 0.399 e. The van der Waals surface area contributed by atoms with E-state index in [2.05, 4.69) is 31.8 Å². The Morgan fingerprint density at radius 3 is 2.45 bits per heavy atom. The highest BCUT2D eigenvalue weighted by Crippen LogP contribution is 2.33. The third-order valence-corrected chi connectivity index (χ3v) is 4.95. The van der Waals surface area contributed by atoms with Gasteiger partial charge in [-0.1, -0.05) is 24.6 Å². The summed E-state index contributed by atoms with van der Waals surface area (Å²) in [6.07, 6.45) is 7.13. The fraction of sp³-hybridized carbons (Fsp3) is 0.500. The Bertz CT molecular complexity index is 644. The Balaban J connectivity index is 2.05. The van der Waals surface area contributed by atoms with Gasteiger partial charge >= 0.3 is 0 Å². The van der Waals surface area contributed by atoms with E-state index < -0.39 is 0 Å². The molecule has 0 bridgehead atoms. The van der Waals surface area contributed by atoms with Crippen LogP contribution in [0.4, 0.5) is 11.4 Å². The molecular formula is C16H23N5S. The highest BCUT2D eigenvalue weighted by atomic mass is 32.2. The lowest BCUT2D eigenvalue weighted by Gasteiger charge is -2.25. The molecule has 6 heteroatoms. The molecule has 0 atom stereocenters. The molecule has 1 fully saturated rings. The summed E-state index contributed by atoms with van der Waals surface area (Å²) in [6, 6.07) is 6.10. The van der Waals surface area contributed by atoms with Crippen LogP contribution in [0.15, 0.2) is 23.4 Å². The zero-order chi connectivity index (χ0) is 15.5. The molecule has 0 radical (unpaired) electrons. The maximum atomic E-state index is 6.05. The molecule has 5 nitrogen and oxygen atoms in total. The van der Waals surface area contributed by atoms with Crippen LogP contribution in [0.2, 0.25) is 0 Å². The lowest BCUT2D eigenvalue weighted by atomic mass is 10.1. The minimum absolute atomic E-state index is 0.801. The quantitative estimate of drug-likeness (QED) is 0.696. The predicted octanol–water partition coefficient (Wildman–Crippen LogP) is 3.17. The molecule has 3 rings (SSSR count). The van der Waals surface area contributed by atoms with Gasteiger partial charge in [0.2, 0.25) is 0 Å². The molecule has 22 heavy (non-hydrogen) atoms. The Labute approximate surface area is 135 Å². The second kappa shape index (κ2) is 6.60. The van der Waals surface area contributed by atoms with E-state index in [-0.39, 0.29) is 0 Å². The summed E-state index contributed by atoms with van der Waals surface area (Å²) < 4.78 is 2.05. The molecule has 0 unspecified atom stereocenters. The monoisotopic (exact) mass is 317 g/mol. The summed E-state index contributed by atoms with van der Waals surface area (Å²) in [4.78, 5) is 2.45. The molecule has 0 aliphatic carbocycles. The van der Waals surface area contributed by atoms with Crippen molar-refractivity contribution < 1.29 is 0 Å². The topological polar surface area (TPSA) is 60.0 Å². The molecule has 0 amide bonds. The molecular weight excluding hydrogens is 294 g/mol. The van der Waals surface area contributed by atoms with Gasteiger partial charge in [0.25, 0.3) is 0 Å². The van der Waals surface area contributed by atoms with E-state index >= 15 is 0 Å². The molecule has 2 aromatic rings. The van der Waals surface area contributed by atoms with Crippen LogP contribution in [-0.4, -0.2) is 34.1 Å². The molecule has 0 spiro atoms. The first-order valence-electron chi connectivity index (χ1n) is 7.79.